The number of furan rings is 1. The van der Waals surface area contributed by atoms with Gasteiger partial charge in [-0.1, -0.05) is 37.3 Å². The van der Waals surface area contributed by atoms with E-state index in [0.717, 1.165) is 5.56 Å². The van der Waals surface area contributed by atoms with Gasteiger partial charge in [-0.05, 0) is 41.8 Å². The summed E-state index contributed by atoms with van der Waals surface area (Å²) in [5.74, 6) is 0.583. The van der Waals surface area contributed by atoms with Crippen LogP contribution in [0.25, 0.3) is 6.08 Å². The lowest BCUT2D eigenvalue weighted by Gasteiger charge is -2.15. The molecule has 0 fully saturated rings. The first-order chi connectivity index (χ1) is 15.5. The van der Waals surface area contributed by atoms with Gasteiger partial charge >= 0.3 is 0 Å². The van der Waals surface area contributed by atoms with Gasteiger partial charge in [0.25, 0.3) is 11.8 Å². The van der Waals surface area contributed by atoms with E-state index in [9.17, 15) is 9.59 Å². The lowest BCUT2D eigenvalue weighted by molar-refractivity contribution is -0.117. The average molecular weight is 434 g/mol. The van der Waals surface area contributed by atoms with Crippen molar-refractivity contribution in [3.63, 3.8) is 0 Å². The molecule has 3 aromatic rings. The van der Waals surface area contributed by atoms with Gasteiger partial charge in [-0.15, -0.1) is 0 Å². The molecule has 2 aromatic carbocycles. The molecule has 7 heteroatoms. The highest BCUT2D eigenvalue weighted by Crippen LogP contribution is 2.27. The lowest BCUT2D eigenvalue weighted by atomic mass is 10.0. The summed E-state index contributed by atoms with van der Waals surface area (Å²) in [6.45, 7) is 2.43. The van der Waals surface area contributed by atoms with Crippen LogP contribution in [-0.2, 0) is 4.79 Å². The number of carbonyl (C=O) groups is 2. The van der Waals surface area contributed by atoms with Gasteiger partial charge in [0.15, 0.2) is 11.5 Å². The Morgan fingerprint density at radius 3 is 2.41 bits per heavy atom. The van der Waals surface area contributed by atoms with E-state index < -0.39 is 11.8 Å². The topological polar surface area (TPSA) is 89.8 Å². The molecule has 7 nitrogen and oxygen atoms in total. The molecular weight excluding hydrogens is 408 g/mol. The average Bonchev–Trinajstić information content (AvgIpc) is 3.35. The molecule has 0 saturated carbocycles. The molecule has 2 amide bonds. The Bertz CT molecular complexity index is 1070. The van der Waals surface area contributed by atoms with Gasteiger partial charge in [0.1, 0.15) is 11.5 Å². The number of hydrogen-bond donors (Lipinski definition) is 2. The Balaban J connectivity index is 1.76. The summed E-state index contributed by atoms with van der Waals surface area (Å²) >= 11 is 0. The van der Waals surface area contributed by atoms with E-state index in [2.05, 4.69) is 10.6 Å². The zero-order chi connectivity index (χ0) is 22.9. The van der Waals surface area contributed by atoms with Crippen LogP contribution in [0.15, 0.2) is 77.0 Å². The first-order valence-electron chi connectivity index (χ1n) is 10.1. The molecule has 0 bridgehead atoms. The quantitative estimate of drug-likeness (QED) is 0.497. The molecule has 0 aliphatic rings. The maximum absolute atomic E-state index is 12.9. The number of methoxy groups -OCH3 is 2. The van der Waals surface area contributed by atoms with Crippen LogP contribution in [0.4, 0.5) is 0 Å². The fraction of sp³-hybridized carbons (Fsp3) is 0.200. The number of hydrogen-bond acceptors (Lipinski definition) is 5. The molecule has 3 rings (SSSR count). The normalized spacial score (nSPS) is 12.0. The van der Waals surface area contributed by atoms with Crippen LogP contribution in [0.1, 0.15) is 34.5 Å². The van der Waals surface area contributed by atoms with E-state index in [-0.39, 0.29) is 11.6 Å². The first kappa shape index (κ1) is 22.7. The third kappa shape index (κ3) is 5.78. The summed E-state index contributed by atoms with van der Waals surface area (Å²) in [6.07, 6.45) is 2.98. The van der Waals surface area contributed by atoms with Crippen molar-refractivity contribution in [1.29, 1.82) is 0 Å². The minimum Gasteiger partial charge on any atom is -0.493 e. The molecule has 0 aliphatic carbocycles. The second-order valence-corrected chi connectivity index (χ2v) is 7.12. The Labute approximate surface area is 187 Å². The molecule has 1 heterocycles. The SMILES string of the molecule is COc1ccc(C(=O)N/C(=C\c2ccco2)C(=O)NC[C@@H](C)c2ccccc2)cc1OC. The van der Waals surface area contributed by atoms with E-state index in [0.29, 0.717) is 29.4 Å². The van der Waals surface area contributed by atoms with Gasteiger partial charge < -0.3 is 24.5 Å². The fourth-order valence-electron chi connectivity index (χ4n) is 3.09. The van der Waals surface area contributed by atoms with E-state index in [1.54, 1.807) is 30.3 Å². The molecule has 32 heavy (non-hydrogen) atoms. The predicted molar refractivity (Wildman–Crippen MR) is 122 cm³/mol. The highest BCUT2D eigenvalue weighted by Gasteiger charge is 2.18. The summed E-state index contributed by atoms with van der Waals surface area (Å²) in [5, 5.41) is 5.56. The maximum Gasteiger partial charge on any atom is 0.267 e. The van der Waals surface area contributed by atoms with Gasteiger partial charge in [0.05, 0.1) is 20.5 Å². The van der Waals surface area contributed by atoms with Crippen LogP contribution < -0.4 is 20.1 Å². The summed E-state index contributed by atoms with van der Waals surface area (Å²) in [5.41, 5.74) is 1.50. The van der Waals surface area contributed by atoms with Gasteiger partial charge in [-0.2, -0.15) is 0 Å². The number of amides is 2. The number of ether oxygens (including phenoxy) is 2. The molecule has 2 N–H and O–H groups in total. The van der Waals surface area contributed by atoms with E-state index in [1.165, 1.54) is 26.6 Å². The van der Waals surface area contributed by atoms with Crippen molar-refractivity contribution in [2.45, 2.75) is 12.8 Å². The molecule has 1 aromatic heterocycles. The Kier molecular flexibility index (Phi) is 7.70. The predicted octanol–water partition coefficient (Wildman–Crippen LogP) is 3.99. The fourth-order valence-corrected chi connectivity index (χ4v) is 3.09. The number of nitrogens with one attached hydrogen (secondary N) is 2. The minimum absolute atomic E-state index is 0.0694. The number of rotatable bonds is 9. The summed E-state index contributed by atoms with van der Waals surface area (Å²) in [7, 11) is 3.01. The van der Waals surface area contributed by atoms with Crippen molar-refractivity contribution in [3.05, 3.63) is 89.5 Å². The summed E-state index contributed by atoms with van der Waals surface area (Å²) in [6, 6.07) is 18.1. The van der Waals surface area contributed by atoms with Crippen LogP contribution in [0.5, 0.6) is 11.5 Å². The van der Waals surface area contributed by atoms with Crippen molar-refractivity contribution in [3.8, 4) is 11.5 Å². The van der Waals surface area contributed by atoms with E-state index in [1.807, 2.05) is 37.3 Å². The second kappa shape index (κ2) is 10.9. The zero-order valence-corrected chi connectivity index (χ0v) is 18.3. The standard InChI is InChI=1S/C25H26N2O5/c1-17(18-8-5-4-6-9-18)16-26-25(29)21(15-20-10-7-13-32-20)27-24(28)19-11-12-22(30-2)23(14-19)31-3/h4-15,17H,16H2,1-3H3,(H,26,29)(H,27,28)/b21-15-/t17-/m1/s1. The molecule has 0 radical (unpaired) electrons. The van der Waals surface area contributed by atoms with Gasteiger partial charge in [0, 0.05) is 18.2 Å². The van der Waals surface area contributed by atoms with Crippen LogP contribution in [0.2, 0.25) is 0 Å². The molecule has 0 saturated heterocycles. The van der Waals surface area contributed by atoms with Crippen LogP contribution in [0, 0.1) is 0 Å². The Morgan fingerprint density at radius 1 is 1.00 bits per heavy atom. The molecule has 166 valence electrons. The van der Waals surface area contributed by atoms with Gasteiger partial charge in [-0.3, -0.25) is 9.59 Å². The second-order valence-electron chi connectivity index (χ2n) is 7.12. The van der Waals surface area contributed by atoms with Crippen molar-refractivity contribution < 1.29 is 23.5 Å². The zero-order valence-electron chi connectivity index (χ0n) is 18.3. The van der Waals surface area contributed by atoms with Crippen molar-refractivity contribution in [1.82, 2.24) is 10.6 Å². The highest BCUT2D eigenvalue weighted by molar-refractivity contribution is 6.05. The van der Waals surface area contributed by atoms with Gasteiger partial charge in [-0.25, -0.2) is 0 Å². The molecule has 0 unspecified atom stereocenters. The number of benzene rings is 2. The molecule has 1 atom stereocenters. The minimum atomic E-state index is -0.463. The van der Waals surface area contributed by atoms with Crippen molar-refractivity contribution in [2.75, 3.05) is 20.8 Å². The third-order valence-electron chi connectivity index (χ3n) is 4.91. The summed E-state index contributed by atoms with van der Waals surface area (Å²) in [4.78, 5) is 25.8. The monoisotopic (exact) mass is 434 g/mol. The van der Waals surface area contributed by atoms with E-state index >= 15 is 0 Å². The number of carbonyl (C=O) groups excluding carboxylic acids is 2. The molecule has 0 aliphatic heterocycles. The molecule has 0 spiro atoms. The third-order valence-corrected chi connectivity index (χ3v) is 4.91. The summed E-state index contributed by atoms with van der Waals surface area (Å²) < 4.78 is 15.8. The van der Waals surface area contributed by atoms with Crippen LogP contribution in [0.3, 0.4) is 0 Å². The van der Waals surface area contributed by atoms with Gasteiger partial charge in [0.2, 0.25) is 0 Å². The Morgan fingerprint density at radius 2 is 1.75 bits per heavy atom. The van der Waals surface area contributed by atoms with Crippen molar-refractivity contribution >= 4 is 17.9 Å². The van der Waals surface area contributed by atoms with E-state index in [4.69, 9.17) is 13.9 Å². The van der Waals surface area contributed by atoms with Crippen molar-refractivity contribution in [2.24, 2.45) is 0 Å². The largest absolute Gasteiger partial charge is 0.493 e. The highest BCUT2D eigenvalue weighted by atomic mass is 16.5. The first-order valence-corrected chi connectivity index (χ1v) is 10.1. The van der Waals surface area contributed by atoms with Crippen LogP contribution in [-0.4, -0.2) is 32.6 Å². The maximum atomic E-state index is 12.9. The van der Waals surface area contributed by atoms with Crippen LogP contribution >= 0.6 is 0 Å². The molecular formula is C25H26N2O5. The lowest BCUT2D eigenvalue weighted by Crippen LogP contribution is -2.36. The Hall–Kier alpha value is -4.00. The smallest absolute Gasteiger partial charge is 0.267 e.